The second kappa shape index (κ2) is 8.29. The van der Waals surface area contributed by atoms with Gasteiger partial charge in [-0.05, 0) is 36.4 Å². The molecule has 7 nitrogen and oxygen atoms in total. The normalized spacial score (nSPS) is 14.6. The second-order valence-corrected chi connectivity index (χ2v) is 9.15. The van der Waals surface area contributed by atoms with Gasteiger partial charge in [-0.25, -0.2) is 4.98 Å². The molecule has 33 heavy (non-hydrogen) atoms. The predicted octanol–water partition coefficient (Wildman–Crippen LogP) is 5.51. The van der Waals surface area contributed by atoms with E-state index in [-0.39, 0.29) is 11.8 Å². The molecule has 0 unspecified atom stereocenters. The van der Waals surface area contributed by atoms with Gasteiger partial charge in [0.15, 0.2) is 0 Å². The maximum Gasteiger partial charge on any atom is 0.232 e. The number of nitrogens with one attached hydrogen (secondary N) is 1. The number of anilines is 1. The molecule has 1 aliphatic heterocycles. The van der Waals surface area contributed by atoms with E-state index >= 15 is 0 Å². The summed E-state index contributed by atoms with van der Waals surface area (Å²) in [5.74, 6) is 1.58. The second-order valence-electron chi connectivity index (χ2n) is 8.31. The van der Waals surface area contributed by atoms with E-state index in [1.54, 1.807) is 12.6 Å². The number of pyridine rings is 1. The van der Waals surface area contributed by atoms with Crippen molar-refractivity contribution >= 4 is 22.4 Å². The van der Waals surface area contributed by atoms with Crippen LogP contribution in [0.15, 0.2) is 66.2 Å². The maximum absolute atomic E-state index is 13.4. The van der Waals surface area contributed by atoms with Crippen LogP contribution in [0.1, 0.15) is 30.9 Å². The number of aromatic nitrogens is 3. The monoisotopic (exact) mass is 458 g/mol. The van der Waals surface area contributed by atoms with E-state index in [1.165, 1.54) is 11.3 Å². The molecule has 2 aromatic carbocycles. The molecule has 0 bridgehead atoms. The summed E-state index contributed by atoms with van der Waals surface area (Å²) in [7, 11) is 1.64. The third-order valence-electron chi connectivity index (χ3n) is 5.91. The number of hydrogen-bond donors (Lipinski definition) is 1. The molecular weight excluding hydrogens is 436 g/mol. The summed E-state index contributed by atoms with van der Waals surface area (Å²) in [6.45, 7) is 3.86. The van der Waals surface area contributed by atoms with Crippen molar-refractivity contribution in [1.29, 1.82) is 0 Å². The van der Waals surface area contributed by atoms with E-state index < -0.39 is 5.41 Å². The highest BCUT2D eigenvalue weighted by atomic mass is 32.1. The van der Waals surface area contributed by atoms with Crippen LogP contribution in [0.2, 0.25) is 0 Å². The van der Waals surface area contributed by atoms with Crippen molar-refractivity contribution in [2.24, 2.45) is 5.41 Å². The zero-order valence-corrected chi connectivity index (χ0v) is 19.2. The Labute approximate surface area is 195 Å². The van der Waals surface area contributed by atoms with E-state index in [9.17, 15) is 4.79 Å². The lowest BCUT2D eigenvalue weighted by atomic mass is 9.69. The summed E-state index contributed by atoms with van der Waals surface area (Å²) in [6.07, 6.45) is 0. The molecule has 0 aliphatic carbocycles. The molecule has 1 amide bonds. The van der Waals surface area contributed by atoms with Crippen LogP contribution >= 0.6 is 11.3 Å². The molecule has 0 radical (unpaired) electrons. The fourth-order valence-electron chi connectivity index (χ4n) is 4.15. The van der Waals surface area contributed by atoms with Crippen LogP contribution < -0.4 is 14.8 Å². The van der Waals surface area contributed by atoms with Crippen molar-refractivity contribution < 1.29 is 14.3 Å². The van der Waals surface area contributed by atoms with Crippen molar-refractivity contribution in [3.05, 3.63) is 77.3 Å². The van der Waals surface area contributed by atoms with Gasteiger partial charge >= 0.3 is 0 Å². The number of nitrogens with zero attached hydrogens (tertiary/aromatic N) is 3. The van der Waals surface area contributed by atoms with Gasteiger partial charge in [-0.3, -0.25) is 4.79 Å². The van der Waals surface area contributed by atoms with Gasteiger partial charge in [0.1, 0.15) is 17.0 Å². The Bertz CT molecular complexity index is 1300. The number of hydrogen-bond acceptors (Lipinski definition) is 7. The van der Waals surface area contributed by atoms with E-state index in [1.807, 2.05) is 74.5 Å². The zero-order valence-electron chi connectivity index (χ0n) is 18.4. The standard InChI is InChI=1S/C25H22N4O3S/c1-25(2,23(30)28-24-29-26-14-33-24)21-17-6-4-5-7-20(17)32-22-18(21)12-13-19(27-22)15-8-10-16(31-3)11-9-15/h4-14,21H,1-3H3,(H,28,29,30)/t21-/m1/s1. The molecule has 0 saturated heterocycles. The topological polar surface area (TPSA) is 86.2 Å². The van der Waals surface area contributed by atoms with E-state index in [0.717, 1.165) is 28.1 Å². The van der Waals surface area contributed by atoms with Gasteiger partial charge in [0.25, 0.3) is 0 Å². The Hall–Kier alpha value is -3.78. The average molecular weight is 459 g/mol. The van der Waals surface area contributed by atoms with Crippen LogP contribution in [0.5, 0.6) is 17.4 Å². The Morgan fingerprint density at radius 2 is 1.85 bits per heavy atom. The van der Waals surface area contributed by atoms with Crippen LogP contribution in [0.4, 0.5) is 5.13 Å². The highest BCUT2D eigenvalue weighted by Gasteiger charge is 2.44. The minimum absolute atomic E-state index is 0.147. The number of amides is 1. The van der Waals surface area contributed by atoms with Gasteiger partial charge in [0, 0.05) is 22.6 Å². The number of ether oxygens (including phenoxy) is 2. The summed E-state index contributed by atoms with van der Waals surface area (Å²) in [5, 5.41) is 11.1. The van der Waals surface area contributed by atoms with Crippen LogP contribution in [-0.4, -0.2) is 28.2 Å². The fraction of sp³-hybridized carbons (Fsp3) is 0.200. The molecule has 0 spiro atoms. The molecule has 4 aromatic rings. The van der Waals surface area contributed by atoms with E-state index in [2.05, 4.69) is 15.5 Å². The van der Waals surface area contributed by atoms with Gasteiger partial charge in [0.05, 0.1) is 18.2 Å². The van der Waals surface area contributed by atoms with Gasteiger partial charge in [0.2, 0.25) is 16.9 Å². The lowest BCUT2D eigenvalue weighted by Gasteiger charge is -2.37. The van der Waals surface area contributed by atoms with Gasteiger partial charge in [-0.2, -0.15) is 0 Å². The van der Waals surface area contributed by atoms with Crippen molar-refractivity contribution in [2.45, 2.75) is 19.8 Å². The summed E-state index contributed by atoms with van der Waals surface area (Å²) in [4.78, 5) is 18.2. The first kappa shape index (κ1) is 21.1. The number of rotatable bonds is 5. The van der Waals surface area contributed by atoms with Gasteiger partial charge in [-0.1, -0.05) is 49.4 Å². The van der Waals surface area contributed by atoms with Crippen LogP contribution in [0, 0.1) is 5.41 Å². The highest BCUT2D eigenvalue weighted by molar-refractivity contribution is 7.13. The molecular formula is C25H22N4O3S. The van der Waals surface area contributed by atoms with Crippen molar-refractivity contribution in [1.82, 2.24) is 15.2 Å². The van der Waals surface area contributed by atoms with Crippen LogP contribution in [-0.2, 0) is 4.79 Å². The molecule has 1 aliphatic rings. The average Bonchev–Trinajstić information content (AvgIpc) is 3.35. The number of carbonyl (C=O) groups is 1. The highest BCUT2D eigenvalue weighted by Crippen LogP contribution is 2.52. The van der Waals surface area contributed by atoms with Gasteiger partial charge < -0.3 is 14.8 Å². The zero-order chi connectivity index (χ0) is 23.0. The maximum atomic E-state index is 13.4. The molecule has 1 N–H and O–H groups in total. The predicted molar refractivity (Wildman–Crippen MR) is 127 cm³/mol. The third-order valence-corrected chi connectivity index (χ3v) is 6.52. The van der Waals surface area contributed by atoms with Crippen molar-refractivity contribution in [3.8, 4) is 28.6 Å². The van der Waals surface area contributed by atoms with Crippen molar-refractivity contribution in [2.75, 3.05) is 12.4 Å². The number of para-hydroxylation sites is 1. The molecule has 0 fully saturated rings. The third kappa shape index (κ3) is 3.82. The Morgan fingerprint density at radius 3 is 2.58 bits per heavy atom. The minimum atomic E-state index is -0.816. The van der Waals surface area contributed by atoms with Crippen LogP contribution in [0.25, 0.3) is 11.3 Å². The molecule has 1 atom stereocenters. The fourth-order valence-corrected chi connectivity index (χ4v) is 4.59. The molecule has 0 saturated carbocycles. The number of fused-ring (bicyclic) bond motifs is 2. The van der Waals surface area contributed by atoms with E-state index in [0.29, 0.717) is 16.8 Å². The molecule has 8 heteroatoms. The first-order valence-electron chi connectivity index (χ1n) is 10.5. The SMILES string of the molecule is COc1ccc(-c2ccc3c(n2)Oc2ccccc2[C@H]3C(C)(C)C(=O)Nc2nncs2)cc1. The molecule has 166 valence electrons. The lowest BCUT2D eigenvalue weighted by molar-refractivity contribution is -0.124. The summed E-state index contributed by atoms with van der Waals surface area (Å²) in [5.41, 5.74) is 4.32. The van der Waals surface area contributed by atoms with Crippen molar-refractivity contribution in [3.63, 3.8) is 0 Å². The first-order chi connectivity index (χ1) is 16.0. The minimum Gasteiger partial charge on any atom is -0.497 e. The largest absolute Gasteiger partial charge is 0.497 e. The quantitative estimate of drug-likeness (QED) is 0.424. The Balaban J connectivity index is 1.57. The number of benzene rings is 2. The molecule has 2 aromatic heterocycles. The summed E-state index contributed by atoms with van der Waals surface area (Å²) < 4.78 is 11.5. The first-order valence-corrected chi connectivity index (χ1v) is 11.3. The summed E-state index contributed by atoms with van der Waals surface area (Å²) in [6, 6.07) is 19.5. The van der Waals surface area contributed by atoms with Crippen LogP contribution in [0.3, 0.4) is 0 Å². The summed E-state index contributed by atoms with van der Waals surface area (Å²) >= 11 is 1.29. The Morgan fingerprint density at radius 1 is 1.06 bits per heavy atom. The van der Waals surface area contributed by atoms with E-state index in [4.69, 9.17) is 14.5 Å². The molecule has 5 rings (SSSR count). The molecule has 3 heterocycles. The Kier molecular flexibility index (Phi) is 5.30. The number of methoxy groups -OCH3 is 1. The smallest absolute Gasteiger partial charge is 0.232 e. The lowest BCUT2D eigenvalue weighted by Crippen LogP contribution is -2.38. The number of carbonyl (C=O) groups excluding carboxylic acids is 1. The van der Waals surface area contributed by atoms with Gasteiger partial charge in [-0.15, -0.1) is 10.2 Å².